The molecule has 1 fully saturated rings. The first-order chi connectivity index (χ1) is 9.29. The van der Waals surface area contributed by atoms with E-state index >= 15 is 0 Å². The summed E-state index contributed by atoms with van der Waals surface area (Å²) < 4.78 is 7.80. The van der Waals surface area contributed by atoms with Crippen LogP contribution in [0.25, 0.3) is 11.0 Å². The van der Waals surface area contributed by atoms with Gasteiger partial charge < -0.3 is 14.6 Å². The third kappa shape index (κ3) is 2.48. The molecule has 3 rings (SSSR count). The maximum atomic E-state index is 6.10. The molecule has 1 unspecified atom stereocenters. The largest absolute Gasteiger partial charge is 0.378 e. The number of morpholine rings is 1. The molecule has 0 spiro atoms. The second-order valence-corrected chi connectivity index (χ2v) is 5.27. The number of hydrogen-bond acceptors (Lipinski definition) is 3. The number of rotatable bonds is 3. The lowest BCUT2D eigenvalue weighted by Gasteiger charge is -2.24. The Morgan fingerprint density at radius 1 is 1.53 bits per heavy atom. The molecular weight excluding hydrogens is 262 g/mol. The van der Waals surface area contributed by atoms with Crippen LogP contribution in [0.5, 0.6) is 0 Å². The Balaban J connectivity index is 2.08. The van der Waals surface area contributed by atoms with Crippen LogP contribution >= 0.6 is 11.6 Å². The first kappa shape index (κ1) is 12.9. The molecule has 1 aromatic heterocycles. The van der Waals surface area contributed by atoms with Crippen molar-refractivity contribution in [3.63, 3.8) is 0 Å². The summed E-state index contributed by atoms with van der Waals surface area (Å²) >= 11 is 6.10. The third-order valence-corrected chi connectivity index (χ3v) is 3.66. The lowest BCUT2D eigenvalue weighted by Crippen LogP contribution is -2.36. The first-order valence-corrected chi connectivity index (χ1v) is 7.14. The van der Waals surface area contributed by atoms with Crippen LogP contribution < -0.4 is 5.32 Å². The van der Waals surface area contributed by atoms with Crippen LogP contribution in [0.3, 0.4) is 0 Å². The number of ether oxygens (including phenoxy) is 1. The molecule has 1 saturated heterocycles. The van der Waals surface area contributed by atoms with E-state index in [0.29, 0.717) is 6.61 Å². The number of aryl methyl sites for hydroxylation is 1. The van der Waals surface area contributed by atoms with Crippen LogP contribution in [-0.2, 0) is 11.3 Å². The lowest BCUT2D eigenvalue weighted by atomic mass is 10.2. The second-order valence-electron chi connectivity index (χ2n) is 4.84. The van der Waals surface area contributed by atoms with E-state index in [4.69, 9.17) is 21.3 Å². The summed E-state index contributed by atoms with van der Waals surface area (Å²) in [6.07, 6.45) is 1.07. The molecule has 0 aliphatic carbocycles. The minimum atomic E-state index is 0.173. The molecule has 1 N–H and O–H groups in total. The van der Waals surface area contributed by atoms with Crippen LogP contribution in [-0.4, -0.2) is 29.3 Å². The third-order valence-electron chi connectivity index (χ3n) is 3.42. The number of fused-ring (bicyclic) bond motifs is 1. The monoisotopic (exact) mass is 279 g/mol. The molecule has 1 aliphatic rings. The number of nitrogens with one attached hydrogen (secondary N) is 1. The van der Waals surface area contributed by atoms with Gasteiger partial charge in [0.15, 0.2) is 0 Å². The number of aromatic nitrogens is 2. The van der Waals surface area contributed by atoms with Crippen molar-refractivity contribution in [1.29, 1.82) is 0 Å². The molecule has 1 atom stereocenters. The summed E-state index contributed by atoms with van der Waals surface area (Å²) in [5.74, 6) is 1.05. The molecule has 0 saturated carbocycles. The van der Waals surface area contributed by atoms with Crippen molar-refractivity contribution >= 4 is 22.6 Å². The van der Waals surface area contributed by atoms with Crippen LogP contribution in [0.1, 0.15) is 25.2 Å². The van der Waals surface area contributed by atoms with Crippen molar-refractivity contribution in [3.05, 3.63) is 29.0 Å². The first-order valence-electron chi connectivity index (χ1n) is 6.76. The van der Waals surface area contributed by atoms with Gasteiger partial charge in [0.1, 0.15) is 5.82 Å². The van der Waals surface area contributed by atoms with Gasteiger partial charge in [-0.25, -0.2) is 4.98 Å². The summed E-state index contributed by atoms with van der Waals surface area (Å²) in [7, 11) is 0. The smallest absolute Gasteiger partial charge is 0.129 e. The van der Waals surface area contributed by atoms with E-state index in [9.17, 15) is 0 Å². The number of halogens is 1. The quantitative estimate of drug-likeness (QED) is 0.939. The second kappa shape index (κ2) is 5.49. The van der Waals surface area contributed by atoms with Crippen molar-refractivity contribution in [1.82, 2.24) is 14.9 Å². The molecule has 1 aliphatic heterocycles. The maximum Gasteiger partial charge on any atom is 0.129 e. The zero-order chi connectivity index (χ0) is 13.2. The number of hydrogen-bond donors (Lipinski definition) is 1. The molecule has 2 heterocycles. The van der Waals surface area contributed by atoms with E-state index in [0.717, 1.165) is 48.0 Å². The van der Waals surface area contributed by atoms with E-state index in [-0.39, 0.29) is 6.04 Å². The summed E-state index contributed by atoms with van der Waals surface area (Å²) in [4.78, 5) is 4.76. The molecule has 102 valence electrons. The van der Waals surface area contributed by atoms with Gasteiger partial charge in [-0.2, -0.15) is 0 Å². The Kier molecular flexibility index (Phi) is 3.73. The van der Waals surface area contributed by atoms with Gasteiger partial charge >= 0.3 is 0 Å². The fourth-order valence-corrected chi connectivity index (χ4v) is 2.74. The average molecular weight is 280 g/mol. The van der Waals surface area contributed by atoms with Gasteiger partial charge in [0, 0.05) is 18.1 Å². The van der Waals surface area contributed by atoms with Crippen molar-refractivity contribution in [2.24, 2.45) is 0 Å². The average Bonchev–Trinajstić information content (AvgIpc) is 2.79. The molecule has 5 heteroatoms. The minimum absolute atomic E-state index is 0.173. The van der Waals surface area contributed by atoms with E-state index in [1.807, 2.05) is 18.2 Å². The van der Waals surface area contributed by atoms with Crippen molar-refractivity contribution < 1.29 is 4.74 Å². The summed E-state index contributed by atoms with van der Waals surface area (Å²) in [5, 5.41) is 4.22. The van der Waals surface area contributed by atoms with Gasteiger partial charge in [0.2, 0.25) is 0 Å². The molecule has 1 aromatic carbocycles. The Hall–Kier alpha value is -1.10. The Labute approximate surface area is 117 Å². The SMILES string of the molecule is CCCn1c(C2COCCN2)nc2ccc(Cl)cc21. The lowest BCUT2D eigenvalue weighted by molar-refractivity contribution is 0.0732. The van der Waals surface area contributed by atoms with Crippen LogP contribution in [0.2, 0.25) is 5.02 Å². The van der Waals surface area contributed by atoms with Gasteiger partial charge in [-0.15, -0.1) is 0 Å². The zero-order valence-corrected chi connectivity index (χ0v) is 11.8. The summed E-state index contributed by atoms with van der Waals surface area (Å²) in [5.41, 5.74) is 2.11. The van der Waals surface area contributed by atoms with Crippen LogP contribution in [0.15, 0.2) is 18.2 Å². The minimum Gasteiger partial charge on any atom is -0.378 e. The zero-order valence-electron chi connectivity index (χ0n) is 11.0. The molecule has 0 amide bonds. The van der Waals surface area contributed by atoms with Gasteiger partial charge in [0.05, 0.1) is 30.3 Å². The van der Waals surface area contributed by atoms with Crippen molar-refractivity contribution in [3.8, 4) is 0 Å². The van der Waals surface area contributed by atoms with Gasteiger partial charge in [0.25, 0.3) is 0 Å². The highest BCUT2D eigenvalue weighted by molar-refractivity contribution is 6.31. The van der Waals surface area contributed by atoms with Gasteiger partial charge in [-0.05, 0) is 24.6 Å². The molecule has 4 nitrogen and oxygen atoms in total. The Morgan fingerprint density at radius 2 is 2.42 bits per heavy atom. The molecule has 0 bridgehead atoms. The van der Waals surface area contributed by atoms with E-state index in [2.05, 4.69) is 16.8 Å². The predicted molar refractivity (Wildman–Crippen MR) is 76.6 cm³/mol. The number of imidazole rings is 1. The molecule has 0 radical (unpaired) electrons. The fraction of sp³-hybridized carbons (Fsp3) is 0.500. The van der Waals surface area contributed by atoms with Crippen LogP contribution in [0, 0.1) is 0 Å². The highest BCUT2D eigenvalue weighted by Crippen LogP contribution is 2.25. The molecule has 19 heavy (non-hydrogen) atoms. The highest BCUT2D eigenvalue weighted by Gasteiger charge is 2.22. The normalized spacial score (nSPS) is 20.0. The topological polar surface area (TPSA) is 39.1 Å². The van der Waals surface area contributed by atoms with Crippen molar-refractivity contribution in [2.45, 2.75) is 25.9 Å². The van der Waals surface area contributed by atoms with E-state index in [1.165, 1.54) is 0 Å². The van der Waals surface area contributed by atoms with Gasteiger partial charge in [-0.1, -0.05) is 18.5 Å². The highest BCUT2D eigenvalue weighted by atomic mass is 35.5. The Morgan fingerprint density at radius 3 is 3.16 bits per heavy atom. The van der Waals surface area contributed by atoms with E-state index < -0.39 is 0 Å². The van der Waals surface area contributed by atoms with Crippen LogP contribution in [0.4, 0.5) is 0 Å². The molecular formula is C14H18ClN3O. The van der Waals surface area contributed by atoms with E-state index in [1.54, 1.807) is 0 Å². The van der Waals surface area contributed by atoms with Crippen molar-refractivity contribution in [2.75, 3.05) is 19.8 Å². The predicted octanol–water partition coefficient (Wildman–Crippen LogP) is 2.76. The van der Waals surface area contributed by atoms with Gasteiger partial charge in [-0.3, -0.25) is 0 Å². The fourth-order valence-electron chi connectivity index (χ4n) is 2.57. The Bertz CT molecular complexity index is 575. The maximum absolute atomic E-state index is 6.10. The number of nitrogens with zero attached hydrogens (tertiary/aromatic N) is 2. The summed E-state index contributed by atoms with van der Waals surface area (Å²) in [6, 6.07) is 6.04. The standard InChI is InChI=1S/C14H18ClN3O/c1-2-6-18-13-8-10(15)3-4-11(13)17-14(18)12-9-19-7-5-16-12/h3-4,8,12,16H,2,5-7,9H2,1H3. The molecule has 2 aromatic rings. The number of benzene rings is 1. The summed E-state index contributed by atoms with van der Waals surface area (Å²) in [6.45, 7) is 5.45.